The number of carbonyl (C=O) groups excluding carboxylic acids is 3. The van der Waals surface area contributed by atoms with Crippen molar-refractivity contribution in [1.82, 2.24) is 0 Å². The van der Waals surface area contributed by atoms with E-state index in [-0.39, 0.29) is 31.1 Å². The average Bonchev–Trinajstić information content (AvgIpc) is 3.43. The third-order valence-corrected chi connectivity index (χ3v) is 16.0. The molecule has 454 valence electrons. The van der Waals surface area contributed by atoms with Gasteiger partial charge in [-0.15, -0.1) is 0 Å². The summed E-state index contributed by atoms with van der Waals surface area (Å²) in [4.78, 5) is 38.2. The number of carbonyl (C=O) groups is 3. The quantitative estimate of drug-likeness (QED) is 0.0261. The minimum absolute atomic E-state index is 0.0654. The van der Waals surface area contributed by atoms with Crippen LogP contribution in [0, 0.1) is 0 Å². The standard InChI is InChI=1S/C71H134O6/c1-4-7-10-13-16-18-20-22-24-26-28-30-32-34-35-37-38-40-42-44-46-48-50-52-55-58-61-64-70(73)76-67-68(66-75-69(72)63-60-57-54-15-12-9-6-3)77-71(74)65-62-59-56-53-51-49-47-45-43-41-39-36-33-31-29-27-25-23-21-19-17-14-11-8-5-2/h21,23,27,29,68H,4-20,22,24-26,28,30-67H2,1-3H3/b23-21-,29-27-. The molecule has 0 bridgehead atoms. The van der Waals surface area contributed by atoms with Crippen LogP contribution in [-0.2, 0) is 28.6 Å². The zero-order chi connectivity index (χ0) is 55.7. The van der Waals surface area contributed by atoms with Gasteiger partial charge in [-0.05, 0) is 51.4 Å². The summed E-state index contributed by atoms with van der Waals surface area (Å²) in [6, 6.07) is 0. The summed E-state index contributed by atoms with van der Waals surface area (Å²) in [5.74, 6) is -0.845. The van der Waals surface area contributed by atoms with Crippen LogP contribution in [-0.4, -0.2) is 37.2 Å². The van der Waals surface area contributed by atoms with Gasteiger partial charge in [0.15, 0.2) is 6.10 Å². The van der Waals surface area contributed by atoms with Gasteiger partial charge in [-0.25, -0.2) is 0 Å². The molecule has 6 heteroatoms. The molecule has 0 rings (SSSR count). The van der Waals surface area contributed by atoms with Gasteiger partial charge in [0, 0.05) is 19.3 Å². The second kappa shape index (κ2) is 66.4. The Morgan fingerprint density at radius 3 is 0.714 bits per heavy atom. The lowest BCUT2D eigenvalue weighted by atomic mass is 10.0. The Labute approximate surface area is 481 Å². The van der Waals surface area contributed by atoms with E-state index in [2.05, 4.69) is 45.1 Å². The summed E-state index contributed by atoms with van der Waals surface area (Å²) in [6.45, 7) is 6.66. The molecule has 0 aromatic rings. The molecule has 0 amide bonds. The molecule has 77 heavy (non-hydrogen) atoms. The van der Waals surface area contributed by atoms with E-state index >= 15 is 0 Å². The van der Waals surface area contributed by atoms with Crippen LogP contribution in [0.3, 0.4) is 0 Å². The van der Waals surface area contributed by atoms with Gasteiger partial charge in [0.25, 0.3) is 0 Å². The molecule has 0 heterocycles. The van der Waals surface area contributed by atoms with Gasteiger partial charge in [0.1, 0.15) is 13.2 Å². The zero-order valence-electron chi connectivity index (χ0n) is 52.3. The zero-order valence-corrected chi connectivity index (χ0v) is 52.3. The molecule has 1 atom stereocenters. The third-order valence-electron chi connectivity index (χ3n) is 16.0. The molecule has 0 aliphatic carbocycles. The lowest BCUT2D eigenvalue weighted by molar-refractivity contribution is -0.167. The first-order valence-corrected chi connectivity index (χ1v) is 34.8. The highest BCUT2D eigenvalue weighted by atomic mass is 16.6. The number of unbranched alkanes of at least 4 members (excludes halogenated alkanes) is 50. The molecule has 0 fully saturated rings. The molecule has 6 nitrogen and oxygen atoms in total. The third kappa shape index (κ3) is 64.6. The van der Waals surface area contributed by atoms with Crippen molar-refractivity contribution in [1.29, 1.82) is 0 Å². The number of esters is 3. The van der Waals surface area contributed by atoms with Crippen molar-refractivity contribution in [2.24, 2.45) is 0 Å². The van der Waals surface area contributed by atoms with E-state index in [1.807, 2.05) is 0 Å². The number of hydrogen-bond acceptors (Lipinski definition) is 6. The van der Waals surface area contributed by atoms with Crippen LogP contribution in [0.1, 0.15) is 393 Å². The summed E-state index contributed by atoms with van der Waals surface area (Å²) in [5.41, 5.74) is 0. The molecular formula is C71H134O6. The second-order valence-corrected chi connectivity index (χ2v) is 23.8. The highest BCUT2D eigenvalue weighted by Gasteiger charge is 2.19. The predicted octanol–water partition coefficient (Wildman–Crippen LogP) is 23.8. The van der Waals surface area contributed by atoms with Gasteiger partial charge < -0.3 is 14.2 Å². The fourth-order valence-electron chi connectivity index (χ4n) is 10.7. The number of rotatable bonds is 65. The summed E-state index contributed by atoms with van der Waals surface area (Å²) < 4.78 is 16.9. The highest BCUT2D eigenvalue weighted by molar-refractivity contribution is 5.71. The SMILES string of the molecule is CCCCCCC/C=C\C/C=C\CCCCCCCCCCCCCCCC(=O)OC(COC(=O)CCCCCCCCC)COC(=O)CCCCCCCCCCCCCCCCCCCCCCCCCCCCC. The van der Waals surface area contributed by atoms with Gasteiger partial charge in [0.2, 0.25) is 0 Å². The second-order valence-electron chi connectivity index (χ2n) is 23.8. The molecule has 0 radical (unpaired) electrons. The van der Waals surface area contributed by atoms with E-state index < -0.39 is 6.10 Å². The Hall–Kier alpha value is -2.11. The maximum absolute atomic E-state index is 12.9. The van der Waals surface area contributed by atoms with Crippen molar-refractivity contribution < 1.29 is 28.6 Å². The van der Waals surface area contributed by atoms with Crippen molar-refractivity contribution in [2.75, 3.05) is 13.2 Å². The molecule has 0 saturated heterocycles. The molecular weight excluding hydrogens is 949 g/mol. The topological polar surface area (TPSA) is 78.9 Å². The summed E-state index contributed by atoms with van der Waals surface area (Å²) in [6.07, 6.45) is 81.0. The highest BCUT2D eigenvalue weighted by Crippen LogP contribution is 2.19. The van der Waals surface area contributed by atoms with Gasteiger partial charge >= 0.3 is 17.9 Å². The van der Waals surface area contributed by atoms with E-state index in [0.29, 0.717) is 19.3 Å². The van der Waals surface area contributed by atoms with E-state index in [1.54, 1.807) is 0 Å². The molecule has 1 unspecified atom stereocenters. The van der Waals surface area contributed by atoms with Crippen molar-refractivity contribution in [3.8, 4) is 0 Å². The maximum Gasteiger partial charge on any atom is 0.306 e. The minimum atomic E-state index is -0.766. The number of hydrogen-bond donors (Lipinski definition) is 0. The van der Waals surface area contributed by atoms with Gasteiger partial charge in [-0.3, -0.25) is 14.4 Å². The van der Waals surface area contributed by atoms with Crippen LogP contribution in [0.25, 0.3) is 0 Å². The Balaban J connectivity index is 4.02. The summed E-state index contributed by atoms with van der Waals surface area (Å²) in [7, 11) is 0. The Bertz CT molecular complexity index is 1240. The van der Waals surface area contributed by atoms with Gasteiger partial charge in [-0.2, -0.15) is 0 Å². The molecule has 0 aliphatic rings. The van der Waals surface area contributed by atoms with E-state index in [1.165, 1.54) is 289 Å². The van der Waals surface area contributed by atoms with Crippen LogP contribution in [0.2, 0.25) is 0 Å². The number of ether oxygens (including phenoxy) is 3. The van der Waals surface area contributed by atoms with Crippen molar-refractivity contribution in [3.05, 3.63) is 24.3 Å². The van der Waals surface area contributed by atoms with Crippen LogP contribution in [0.15, 0.2) is 24.3 Å². The average molecular weight is 1080 g/mol. The number of allylic oxidation sites excluding steroid dienone is 4. The maximum atomic E-state index is 12.9. The normalized spacial score (nSPS) is 12.1. The molecule has 0 saturated carbocycles. The fraction of sp³-hybridized carbons (Fsp3) is 0.901. The molecule has 0 N–H and O–H groups in total. The van der Waals surface area contributed by atoms with E-state index in [9.17, 15) is 14.4 Å². The predicted molar refractivity (Wildman–Crippen MR) is 335 cm³/mol. The van der Waals surface area contributed by atoms with E-state index in [4.69, 9.17) is 14.2 Å². The summed E-state index contributed by atoms with van der Waals surface area (Å²) in [5, 5.41) is 0. The van der Waals surface area contributed by atoms with Crippen molar-refractivity contribution >= 4 is 17.9 Å². The Kier molecular flexibility index (Phi) is 64.6. The molecule has 0 aromatic heterocycles. The van der Waals surface area contributed by atoms with Crippen LogP contribution in [0.5, 0.6) is 0 Å². The largest absolute Gasteiger partial charge is 0.462 e. The minimum Gasteiger partial charge on any atom is -0.462 e. The summed E-state index contributed by atoms with van der Waals surface area (Å²) >= 11 is 0. The molecule has 0 aliphatic heterocycles. The fourth-order valence-corrected chi connectivity index (χ4v) is 10.7. The first kappa shape index (κ1) is 74.9. The lowest BCUT2D eigenvalue weighted by Gasteiger charge is -2.18. The van der Waals surface area contributed by atoms with Crippen molar-refractivity contribution in [2.45, 2.75) is 399 Å². The first-order chi connectivity index (χ1) is 38.0. The van der Waals surface area contributed by atoms with Crippen LogP contribution < -0.4 is 0 Å². The monoisotopic (exact) mass is 1080 g/mol. The van der Waals surface area contributed by atoms with Gasteiger partial charge in [-0.1, -0.05) is 347 Å². The van der Waals surface area contributed by atoms with Gasteiger partial charge in [0.05, 0.1) is 0 Å². The Morgan fingerprint density at radius 1 is 0.260 bits per heavy atom. The van der Waals surface area contributed by atoms with E-state index in [0.717, 1.165) is 64.2 Å². The Morgan fingerprint density at radius 2 is 0.468 bits per heavy atom. The van der Waals surface area contributed by atoms with Crippen LogP contribution >= 0.6 is 0 Å². The van der Waals surface area contributed by atoms with Crippen molar-refractivity contribution in [3.63, 3.8) is 0 Å². The lowest BCUT2D eigenvalue weighted by Crippen LogP contribution is -2.30. The smallest absolute Gasteiger partial charge is 0.306 e. The molecule has 0 spiro atoms. The first-order valence-electron chi connectivity index (χ1n) is 34.8. The molecule has 0 aromatic carbocycles. The van der Waals surface area contributed by atoms with Crippen LogP contribution in [0.4, 0.5) is 0 Å².